The third-order valence-electron chi connectivity index (χ3n) is 0. The zero-order valence-electron chi connectivity index (χ0n) is 2.23. The van der Waals surface area contributed by atoms with E-state index in [-0.39, 0.29) is 65.8 Å². The van der Waals surface area contributed by atoms with E-state index in [1.165, 1.54) is 0 Å². The van der Waals surface area contributed by atoms with E-state index in [1.807, 2.05) is 0 Å². The summed E-state index contributed by atoms with van der Waals surface area (Å²) >= 11 is 0. The Balaban J connectivity index is 0. The molecule has 0 aromatic carbocycles. The summed E-state index contributed by atoms with van der Waals surface area (Å²) < 4.78 is 0. The first kappa shape index (κ1) is 82.7. The van der Waals surface area contributed by atoms with Crippen LogP contribution in [0.1, 0.15) is 0 Å². The minimum atomic E-state index is 0. The van der Waals surface area contributed by atoms with Crippen LogP contribution in [-0.4, -0.2) is 0 Å². The molecule has 1 radical (unpaired) electrons. The summed E-state index contributed by atoms with van der Waals surface area (Å²) in [4.78, 5) is 0. The van der Waals surface area contributed by atoms with Gasteiger partial charge < -0.3 is 6.15 Å². The fourth-order valence-corrected chi connectivity index (χ4v) is 0. The molecule has 0 aliphatic rings. The SMILES string of the molecule is Cl.Cl.Cl.N.[Au]. The van der Waals surface area contributed by atoms with Gasteiger partial charge in [-0.3, -0.25) is 0 Å². The van der Waals surface area contributed by atoms with Gasteiger partial charge in [-0.1, -0.05) is 0 Å². The molecule has 43 valence electrons. The van der Waals surface area contributed by atoms with Gasteiger partial charge in [0.25, 0.3) is 0 Å². The Bertz CT molecular complexity index is 6.85. The molecule has 5 heteroatoms. The molecule has 0 aliphatic carbocycles. The molecule has 0 aromatic heterocycles. The number of hydrogen-bond donors (Lipinski definition) is 1. The van der Waals surface area contributed by atoms with Gasteiger partial charge in [0.05, 0.1) is 0 Å². The summed E-state index contributed by atoms with van der Waals surface area (Å²) in [6.07, 6.45) is 0. The van der Waals surface area contributed by atoms with E-state index in [0.717, 1.165) is 0 Å². The van der Waals surface area contributed by atoms with Gasteiger partial charge in [0.2, 0.25) is 0 Å². The Morgan fingerprint density at radius 3 is 0.600 bits per heavy atom. The summed E-state index contributed by atoms with van der Waals surface area (Å²) in [5.74, 6) is 0. The van der Waals surface area contributed by atoms with Crippen molar-refractivity contribution in [1.82, 2.24) is 6.15 Å². The second-order valence-electron chi connectivity index (χ2n) is 0. The first-order valence-corrected chi connectivity index (χ1v) is 0. The molecule has 0 saturated heterocycles. The van der Waals surface area contributed by atoms with Crippen molar-refractivity contribution in [2.75, 3.05) is 0 Å². The van der Waals surface area contributed by atoms with E-state index in [4.69, 9.17) is 0 Å². The van der Waals surface area contributed by atoms with Crippen molar-refractivity contribution in [3.8, 4) is 0 Å². The van der Waals surface area contributed by atoms with Gasteiger partial charge in [-0.2, -0.15) is 0 Å². The van der Waals surface area contributed by atoms with Crippen LogP contribution in [0.4, 0.5) is 0 Å². The molecule has 0 unspecified atom stereocenters. The molecule has 0 atom stereocenters. The summed E-state index contributed by atoms with van der Waals surface area (Å²) in [6, 6.07) is 0. The van der Waals surface area contributed by atoms with Gasteiger partial charge in [-0.25, -0.2) is 0 Å². The average molecular weight is 323 g/mol. The fraction of sp³-hybridized carbons (Fsp3) is 0. The van der Waals surface area contributed by atoms with Crippen molar-refractivity contribution < 1.29 is 22.4 Å². The molecular formula is H6AuCl3N. The van der Waals surface area contributed by atoms with Crippen LogP contribution in [0.3, 0.4) is 0 Å². The van der Waals surface area contributed by atoms with Crippen molar-refractivity contribution >= 4 is 37.2 Å². The maximum absolute atomic E-state index is 0. The van der Waals surface area contributed by atoms with Gasteiger partial charge in [-0.05, 0) is 0 Å². The minimum Gasteiger partial charge on any atom is -0.344 e. The molecule has 0 saturated carbocycles. The summed E-state index contributed by atoms with van der Waals surface area (Å²) in [5, 5.41) is 0. The number of hydrogen-bond acceptors (Lipinski definition) is 1. The van der Waals surface area contributed by atoms with Crippen LogP contribution < -0.4 is 6.15 Å². The topological polar surface area (TPSA) is 35.0 Å². The minimum absolute atomic E-state index is 0. The standard InChI is InChI=1S/Au.3ClH.H3N/h;3*1H;1H3. The molecule has 0 aromatic rings. The van der Waals surface area contributed by atoms with E-state index >= 15 is 0 Å². The van der Waals surface area contributed by atoms with Crippen molar-refractivity contribution in [3.63, 3.8) is 0 Å². The normalized spacial score (nSPS) is 0. The van der Waals surface area contributed by atoms with Crippen LogP contribution in [0.25, 0.3) is 0 Å². The second kappa shape index (κ2) is 47.2. The van der Waals surface area contributed by atoms with E-state index in [0.29, 0.717) is 0 Å². The quantitative estimate of drug-likeness (QED) is 0.673. The van der Waals surface area contributed by atoms with Crippen LogP contribution in [-0.2, 0) is 22.4 Å². The molecule has 0 amide bonds. The second-order valence-corrected chi connectivity index (χ2v) is 0. The Labute approximate surface area is 65.6 Å². The molecule has 0 fully saturated rings. The van der Waals surface area contributed by atoms with Crippen LogP contribution in [0.2, 0.25) is 0 Å². The van der Waals surface area contributed by atoms with Gasteiger partial charge in [-0.15, -0.1) is 37.2 Å². The van der Waals surface area contributed by atoms with Crippen molar-refractivity contribution in [1.29, 1.82) is 0 Å². The Morgan fingerprint density at radius 1 is 0.600 bits per heavy atom. The Morgan fingerprint density at radius 2 is 0.600 bits per heavy atom. The van der Waals surface area contributed by atoms with E-state index in [1.54, 1.807) is 0 Å². The van der Waals surface area contributed by atoms with Gasteiger partial charge >= 0.3 is 0 Å². The zero-order valence-corrected chi connectivity index (χ0v) is 6.85. The zero-order chi connectivity index (χ0) is 0. The summed E-state index contributed by atoms with van der Waals surface area (Å²) in [6.45, 7) is 0. The van der Waals surface area contributed by atoms with Crippen LogP contribution in [0, 0.1) is 0 Å². The van der Waals surface area contributed by atoms with Gasteiger partial charge in [0, 0.05) is 22.4 Å². The first-order valence-electron chi connectivity index (χ1n) is 0. The van der Waals surface area contributed by atoms with E-state index in [2.05, 4.69) is 0 Å². The molecule has 0 bridgehead atoms. The maximum Gasteiger partial charge on any atom is 0 e. The van der Waals surface area contributed by atoms with E-state index < -0.39 is 0 Å². The predicted octanol–water partition coefficient (Wildman–Crippen LogP) is 1.42. The smallest absolute Gasteiger partial charge is 0 e. The molecule has 0 rings (SSSR count). The first-order chi connectivity index (χ1) is 0. The maximum atomic E-state index is 0. The van der Waals surface area contributed by atoms with Crippen molar-refractivity contribution in [3.05, 3.63) is 0 Å². The van der Waals surface area contributed by atoms with Crippen molar-refractivity contribution in [2.24, 2.45) is 0 Å². The van der Waals surface area contributed by atoms with Gasteiger partial charge in [0.15, 0.2) is 0 Å². The van der Waals surface area contributed by atoms with Crippen LogP contribution in [0.5, 0.6) is 0 Å². The Hall–Kier alpha value is 1.57. The van der Waals surface area contributed by atoms with Gasteiger partial charge in [0.1, 0.15) is 0 Å². The van der Waals surface area contributed by atoms with Crippen LogP contribution >= 0.6 is 37.2 Å². The predicted molar refractivity (Wildman–Crippen MR) is 26.8 cm³/mol. The summed E-state index contributed by atoms with van der Waals surface area (Å²) in [7, 11) is 0. The molecule has 5 heavy (non-hydrogen) atoms. The largest absolute Gasteiger partial charge is 0.344 e. The van der Waals surface area contributed by atoms with Crippen molar-refractivity contribution in [2.45, 2.75) is 0 Å². The molecule has 0 heterocycles. The monoisotopic (exact) mass is 322 g/mol. The van der Waals surface area contributed by atoms with E-state index in [9.17, 15) is 0 Å². The molecule has 3 N–H and O–H groups in total. The Kier molecular flexibility index (Phi) is 780. The molecular weight excluding hydrogens is 317 g/mol. The summed E-state index contributed by atoms with van der Waals surface area (Å²) in [5.41, 5.74) is 0. The third kappa shape index (κ3) is 28.8. The number of rotatable bonds is 0. The third-order valence-corrected chi connectivity index (χ3v) is 0. The number of halogens is 3. The molecule has 1 nitrogen and oxygen atoms in total. The average Bonchev–Trinajstić information content (AvgIpc) is 0. The fourth-order valence-electron chi connectivity index (χ4n) is 0. The molecule has 0 spiro atoms. The van der Waals surface area contributed by atoms with Crippen LogP contribution in [0.15, 0.2) is 0 Å². The molecule has 0 aliphatic heterocycles.